The van der Waals surface area contributed by atoms with Gasteiger partial charge in [-0.1, -0.05) is 0 Å². The van der Waals surface area contributed by atoms with Crippen molar-refractivity contribution >= 4 is 28.8 Å². The molecule has 0 atom stereocenters. The van der Waals surface area contributed by atoms with Crippen LogP contribution in [0.4, 0.5) is 33.2 Å². The Morgan fingerprint density at radius 1 is 0.840 bits per heavy atom. The van der Waals surface area contributed by atoms with Crippen molar-refractivity contribution in [3.05, 3.63) is 66.1 Å². The van der Waals surface area contributed by atoms with Gasteiger partial charge in [0.1, 0.15) is 11.6 Å². The molecule has 128 valence electrons. The lowest BCUT2D eigenvalue weighted by atomic mass is 10.2. The van der Waals surface area contributed by atoms with Gasteiger partial charge in [0.2, 0.25) is 5.95 Å². The van der Waals surface area contributed by atoms with Crippen molar-refractivity contribution in [2.45, 2.75) is 6.92 Å². The molecule has 3 aromatic rings. The minimum absolute atomic E-state index is 0.270. The van der Waals surface area contributed by atoms with Crippen LogP contribution in [0.15, 0.2) is 54.6 Å². The summed E-state index contributed by atoms with van der Waals surface area (Å²) in [6.07, 6.45) is 0. The average molecular weight is 337 g/mol. The standard InChI is InChI=1S/C19H20FN5/c1-13-12-18(22-15-6-4-14(20)5-7-15)24-19(21-13)23-16-8-10-17(11-9-16)25(2)3/h4-12H,1-3H3,(H2,21,22,23,24). The van der Waals surface area contributed by atoms with E-state index in [-0.39, 0.29) is 5.82 Å². The molecule has 0 bridgehead atoms. The molecule has 3 rings (SSSR count). The molecule has 6 heteroatoms. The number of halogens is 1. The molecule has 0 aliphatic rings. The number of benzene rings is 2. The van der Waals surface area contributed by atoms with Crippen molar-refractivity contribution in [2.75, 3.05) is 29.6 Å². The largest absolute Gasteiger partial charge is 0.378 e. The van der Waals surface area contributed by atoms with E-state index < -0.39 is 0 Å². The predicted molar refractivity (Wildman–Crippen MR) is 101 cm³/mol. The minimum atomic E-state index is -0.270. The van der Waals surface area contributed by atoms with Crippen LogP contribution in [-0.4, -0.2) is 24.1 Å². The number of hydrogen-bond acceptors (Lipinski definition) is 5. The maximum Gasteiger partial charge on any atom is 0.229 e. The Labute approximate surface area is 146 Å². The van der Waals surface area contributed by atoms with Crippen LogP contribution < -0.4 is 15.5 Å². The van der Waals surface area contributed by atoms with E-state index in [1.165, 1.54) is 12.1 Å². The summed E-state index contributed by atoms with van der Waals surface area (Å²) >= 11 is 0. The minimum Gasteiger partial charge on any atom is -0.378 e. The van der Waals surface area contributed by atoms with Gasteiger partial charge in [0.25, 0.3) is 0 Å². The van der Waals surface area contributed by atoms with E-state index in [1.54, 1.807) is 12.1 Å². The number of aromatic nitrogens is 2. The Morgan fingerprint density at radius 3 is 2.08 bits per heavy atom. The Morgan fingerprint density at radius 2 is 1.44 bits per heavy atom. The number of rotatable bonds is 5. The molecule has 0 amide bonds. The number of nitrogens with one attached hydrogen (secondary N) is 2. The fourth-order valence-electron chi connectivity index (χ4n) is 2.34. The molecule has 2 aromatic carbocycles. The molecule has 0 saturated carbocycles. The summed E-state index contributed by atoms with van der Waals surface area (Å²) in [6.45, 7) is 1.90. The summed E-state index contributed by atoms with van der Waals surface area (Å²) in [4.78, 5) is 10.9. The van der Waals surface area contributed by atoms with Gasteiger partial charge in [-0.3, -0.25) is 0 Å². The highest BCUT2D eigenvalue weighted by Crippen LogP contribution is 2.21. The molecule has 2 N–H and O–H groups in total. The maximum atomic E-state index is 13.0. The number of anilines is 5. The zero-order chi connectivity index (χ0) is 17.8. The first-order valence-corrected chi connectivity index (χ1v) is 7.92. The van der Waals surface area contributed by atoms with Crippen LogP contribution in [0.3, 0.4) is 0 Å². The predicted octanol–water partition coefficient (Wildman–Crippen LogP) is 4.48. The van der Waals surface area contributed by atoms with Crippen molar-refractivity contribution in [1.29, 1.82) is 0 Å². The van der Waals surface area contributed by atoms with Crippen LogP contribution in [0.25, 0.3) is 0 Å². The van der Waals surface area contributed by atoms with Gasteiger partial charge < -0.3 is 15.5 Å². The van der Waals surface area contributed by atoms with E-state index in [0.717, 1.165) is 22.8 Å². The van der Waals surface area contributed by atoms with Gasteiger partial charge >= 0.3 is 0 Å². The summed E-state index contributed by atoms with van der Waals surface area (Å²) in [5.74, 6) is 0.877. The molecular formula is C19H20FN5. The van der Waals surface area contributed by atoms with Crippen molar-refractivity contribution in [2.24, 2.45) is 0 Å². The Balaban J connectivity index is 1.77. The van der Waals surface area contributed by atoms with Crippen molar-refractivity contribution in [3.63, 3.8) is 0 Å². The van der Waals surface area contributed by atoms with Gasteiger partial charge in [0, 0.05) is 42.9 Å². The molecule has 0 radical (unpaired) electrons. The molecule has 25 heavy (non-hydrogen) atoms. The third-order valence-electron chi connectivity index (χ3n) is 3.61. The third kappa shape index (κ3) is 4.44. The normalized spacial score (nSPS) is 10.4. The lowest BCUT2D eigenvalue weighted by molar-refractivity contribution is 0.628. The molecule has 0 saturated heterocycles. The van der Waals surface area contributed by atoms with Gasteiger partial charge in [-0.05, 0) is 55.5 Å². The first kappa shape index (κ1) is 16.7. The van der Waals surface area contributed by atoms with Crippen LogP contribution in [0.1, 0.15) is 5.69 Å². The highest BCUT2D eigenvalue weighted by Gasteiger charge is 2.04. The monoisotopic (exact) mass is 337 g/mol. The molecule has 0 unspecified atom stereocenters. The Kier molecular flexibility index (Phi) is 4.79. The Bertz CT molecular complexity index is 845. The van der Waals surface area contributed by atoms with Gasteiger partial charge in [0.15, 0.2) is 0 Å². The summed E-state index contributed by atoms with van der Waals surface area (Å²) in [6, 6.07) is 16.0. The van der Waals surface area contributed by atoms with Crippen LogP contribution in [0, 0.1) is 12.7 Å². The maximum absolute atomic E-state index is 13.0. The van der Waals surface area contributed by atoms with E-state index in [0.29, 0.717) is 11.8 Å². The number of aryl methyl sites for hydroxylation is 1. The molecule has 0 aliphatic carbocycles. The SMILES string of the molecule is Cc1cc(Nc2ccc(F)cc2)nc(Nc2ccc(N(C)C)cc2)n1. The highest BCUT2D eigenvalue weighted by molar-refractivity contribution is 5.62. The molecule has 0 fully saturated rings. The second-order valence-corrected chi connectivity index (χ2v) is 5.92. The zero-order valence-corrected chi connectivity index (χ0v) is 14.4. The third-order valence-corrected chi connectivity index (χ3v) is 3.61. The first-order chi connectivity index (χ1) is 12.0. The summed E-state index contributed by atoms with van der Waals surface area (Å²) in [5.41, 5.74) is 3.62. The summed E-state index contributed by atoms with van der Waals surface area (Å²) in [5, 5.41) is 6.36. The summed E-state index contributed by atoms with van der Waals surface area (Å²) in [7, 11) is 4.00. The van der Waals surface area contributed by atoms with Gasteiger partial charge in [0.05, 0.1) is 0 Å². The molecule has 1 aromatic heterocycles. The lowest BCUT2D eigenvalue weighted by Crippen LogP contribution is -2.08. The van der Waals surface area contributed by atoms with E-state index in [1.807, 2.05) is 56.3 Å². The molecular weight excluding hydrogens is 317 g/mol. The highest BCUT2D eigenvalue weighted by atomic mass is 19.1. The summed E-state index contributed by atoms with van der Waals surface area (Å²) < 4.78 is 13.0. The molecule has 0 aliphatic heterocycles. The molecule has 5 nitrogen and oxygen atoms in total. The number of hydrogen-bond donors (Lipinski definition) is 2. The van der Waals surface area contributed by atoms with Gasteiger partial charge in [-0.2, -0.15) is 4.98 Å². The molecule has 1 heterocycles. The zero-order valence-electron chi connectivity index (χ0n) is 14.4. The van der Waals surface area contributed by atoms with Crippen LogP contribution in [0.2, 0.25) is 0 Å². The second-order valence-electron chi connectivity index (χ2n) is 5.92. The van der Waals surface area contributed by atoms with Crippen LogP contribution >= 0.6 is 0 Å². The van der Waals surface area contributed by atoms with Crippen molar-refractivity contribution in [1.82, 2.24) is 9.97 Å². The quantitative estimate of drug-likeness (QED) is 0.719. The van der Waals surface area contributed by atoms with E-state index in [4.69, 9.17) is 0 Å². The fourth-order valence-corrected chi connectivity index (χ4v) is 2.34. The number of nitrogens with zero attached hydrogens (tertiary/aromatic N) is 3. The average Bonchev–Trinajstić information content (AvgIpc) is 2.57. The van der Waals surface area contributed by atoms with E-state index >= 15 is 0 Å². The van der Waals surface area contributed by atoms with Crippen LogP contribution in [-0.2, 0) is 0 Å². The fraction of sp³-hybridized carbons (Fsp3) is 0.158. The van der Waals surface area contributed by atoms with E-state index in [2.05, 4.69) is 20.6 Å². The Hall–Kier alpha value is -3.15. The van der Waals surface area contributed by atoms with Gasteiger partial charge in [-0.25, -0.2) is 9.37 Å². The first-order valence-electron chi connectivity index (χ1n) is 7.92. The van der Waals surface area contributed by atoms with Crippen LogP contribution in [0.5, 0.6) is 0 Å². The second kappa shape index (κ2) is 7.17. The molecule has 0 spiro atoms. The van der Waals surface area contributed by atoms with Gasteiger partial charge in [-0.15, -0.1) is 0 Å². The van der Waals surface area contributed by atoms with Crippen molar-refractivity contribution in [3.8, 4) is 0 Å². The smallest absolute Gasteiger partial charge is 0.229 e. The lowest BCUT2D eigenvalue weighted by Gasteiger charge is -2.13. The van der Waals surface area contributed by atoms with E-state index in [9.17, 15) is 4.39 Å². The van der Waals surface area contributed by atoms with Crippen molar-refractivity contribution < 1.29 is 4.39 Å². The topological polar surface area (TPSA) is 53.1 Å².